The van der Waals surface area contributed by atoms with E-state index in [1.165, 1.54) is 0 Å². The van der Waals surface area contributed by atoms with Crippen molar-refractivity contribution in [3.05, 3.63) is 0 Å². The predicted molar refractivity (Wildman–Crippen MR) is 26.6 cm³/mol. The van der Waals surface area contributed by atoms with Gasteiger partial charge in [-0.05, 0) is 11.2 Å². The van der Waals surface area contributed by atoms with Crippen LogP contribution in [0.15, 0.2) is 0 Å². The smallest absolute Gasteiger partial charge is 0.209 e. The summed E-state index contributed by atoms with van der Waals surface area (Å²) in [6.07, 6.45) is 0. The molecule has 0 amide bonds. The van der Waals surface area contributed by atoms with Crippen molar-refractivity contribution in [3.8, 4) is 0 Å². The van der Waals surface area contributed by atoms with Gasteiger partial charge in [-0.1, -0.05) is 0 Å². The highest BCUT2D eigenvalue weighted by Crippen LogP contribution is 2.45. The van der Waals surface area contributed by atoms with E-state index in [4.69, 9.17) is 11.2 Å². The molecule has 0 bridgehead atoms. The summed E-state index contributed by atoms with van der Waals surface area (Å²) < 4.78 is 7.70. The number of rotatable bonds is 2. The molecule has 0 spiro atoms. The van der Waals surface area contributed by atoms with Crippen molar-refractivity contribution < 1.29 is 8.15 Å². The van der Waals surface area contributed by atoms with Crippen LogP contribution in [-0.2, 0) is 8.15 Å². The van der Waals surface area contributed by atoms with Gasteiger partial charge < -0.3 is 0 Å². The molecule has 0 atom stereocenters. The van der Waals surface area contributed by atoms with Crippen molar-refractivity contribution in [2.75, 3.05) is 0 Å². The Hall–Kier alpha value is 1.22. The van der Waals surface area contributed by atoms with Crippen LogP contribution in [0.5, 0.6) is 0 Å². The average molecular weight is 169 g/mol. The molecule has 0 aliphatic heterocycles. The van der Waals surface area contributed by atoms with Gasteiger partial charge in [0.05, 0.1) is 23.7 Å². The number of hydrogen-bond acceptors (Lipinski definition) is 2. The first kappa shape index (κ1) is 7.22. The third kappa shape index (κ3) is 3.41. The fourth-order valence-electron chi connectivity index (χ4n) is 0.0106. The van der Waals surface area contributed by atoms with E-state index in [1.54, 1.807) is 0 Å². The predicted octanol–water partition coefficient (Wildman–Crippen LogP) is 2.79. The van der Waals surface area contributed by atoms with Crippen LogP contribution in [0, 0.1) is 0 Å². The number of halogens is 3. The lowest BCUT2D eigenvalue weighted by Crippen LogP contribution is -1.54. The van der Waals surface area contributed by atoms with Crippen LogP contribution in [0.2, 0.25) is 0 Å². The zero-order valence-electron chi connectivity index (χ0n) is 2.40. The molecule has 2 nitrogen and oxygen atoms in total. The quantitative estimate of drug-likeness (QED) is 0.592. The Bertz CT molecular complexity index is 28.0. The Labute approximate surface area is 51.3 Å². The SMILES string of the molecule is ClOP(Cl)OCl. The minimum Gasteiger partial charge on any atom is -0.209 e. The molecule has 0 rings (SSSR count). The monoisotopic (exact) mass is 168 g/mol. The summed E-state index contributed by atoms with van der Waals surface area (Å²) in [5, 5.41) is 0. The Morgan fingerprint density at radius 2 is 1.50 bits per heavy atom. The second-order valence-electron chi connectivity index (χ2n) is 0.351. The molecule has 6 heteroatoms. The standard InChI is InChI=1S/Cl3O2P/c1-4-6(3)5-2. The Morgan fingerprint density at radius 1 is 1.17 bits per heavy atom. The molecule has 0 saturated heterocycles. The molecule has 0 N–H and O–H groups in total. The highest BCUT2D eigenvalue weighted by molar-refractivity contribution is 7.77. The third-order valence-electron chi connectivity index (χ3n) is 0.109. The number of hydrogen-bond donors (Lipinski definition) is 0. The van der Waals surface area contributed by atoms with E-state index >= 15 is 0 Å². The first-order valence-electron chi connectivity index (χ1n) is 0.843. The van der Waals surface area contributed by atoms with Gasteiger partial charge in [0, 0.05) is 0 Å². The summed E-state index contributed by atoms with van der Waals surface area (Å²) >= 11 is 14.3. The van der Waals surface area contributed by atoms with E-state index in [1.807, 2.05) is 0 Å². The largest absolute Gasteiger partial charge is 0.312 e. The summed E-state index contributed by atoms with van der Waals surface area (Å²) in [5.74, 6) is 0. The summed E-state index contributed by atoms with van der Waals surface area (Å²) in [5.41, 5.74) is 0. The van der Waals surface area contributed by atoms with E-state index in [0.717, 1.165) is 0 Å². The highest BCUT2D eigenvalue weighted by atomic mass is 35.7. The van der Waals surface area contributed by atoms with Gasteiger partial charge in [-0.25, -0.2) is 8.15 Å². The minimum absolute atomic E-state index is 1.57. The van der Waals surface area contributed by atoms with Gasteiger partial charge in [0.15, 0.2) is 0 Å². The Balaban J connectivity index is 2.75. The molecule has 0 aromatic rings. The van der Waals surface area contributed by atoms with Gasteiger partial charge in [-0.3, -0.25) is 0 Å². The molecule has 0 unspecified atom stereocenters. The van der Waals surface area contributed by atoms with E-state index in [9.17, 15) is 0 Å². The topological polar surface area (TPSA) is 18.5 Å². The summed E-state index contributed by atoms with van der Waals surface area (Å²) in [6.45, 7) is 0. The molecule has 0 aliphatic rings. The molecular formula is Cl3O2P. The van der Waals surface area contributed by atoms with Crippen LogP contribution in [0.25, 0.3) is 0 Å². The van der Waals surface area contributed by atoms with Gasteiger partial charge in [-0.15, -0.1) is 0 Å². The van der Waals surface area contributed by atoms with Crippen LogP contribution in [-0.4, -0.2) is 0 Å². The molecule has 0 fully saturated rings. The molecule has 0 aromatic carbocycles. The minimum atomic E-state index is -1.57. The first-order valence-corrected chi connectivity index (χ1v) is 3.54. The highest BCUT2D eigenvalue weighted by Gasteiger charge is 2.00. The van der Waals surface area contributed by atoms with Crippen molar-refractivity contribution >= 4 is 42.7 Å². The molecule has 38 valence electrons. The first-order chi connectivity index (χ1) is 2.81. The Kier molecular flexibility index (Phi) is 5.27. The van der Waals surface area contributed by atoms with Crippen molar-refractivity contribution in [1.29, 1.82) is 0 Å². The van der Waals surface area contributed by atoms with Gasteiger partial charge in [0.1, 0.15) is 0 Å². The molecule has 0 aliphatic carbocycles. The normalized spacial score (nSPS) is 10.0. The van der Waals surface area contributed by atoms with Crippen molar-refractivity contribution in [2.24, 2.45) is 0 Å². The molecule has 0 heterocycles. The van der Waals surface area contributed by atoms with Crippen molar-refractivity contribution in [1.82, 2.24) is 0 Å². The maximum Gasteiger partial charge on any atom is 0.312 e. The molecule has 6 heavy (non-hydrogen) atoms. The molecule has 0 saturated carbocycles. The molecular weight excluding hydrogens is 169 g/mol. The van der Waals surface area contributed by atoms with Gasteiger partial charge in [0.25, 0.3) is 0 Å². The molecule has 0 radical (unpaired) electrons. The van der Waals surface area contributed by atoms with E-state index in [0.29, 0.717) is 0 Å². The van der Waals surface area contributed by atoms with Gasteiger partial charge in [-0.2, -0.15) is 0 Å². The maximum atomic E-state index is 5.01. The lowest BCUT2D eigenvalue weighted by molar-refractivity contribution is 0.572. The van der Waals surface area contributed by atoms with Crippen molar-refractivity contribution in [3.63, 3.8) is 0 Å². The Morgan fingerprint density at radius 3 is 1.50 bits per heavy atom. The summed E-state index contributed by atoms with van der Waals surface area (Å²) in [4.78, 5) is 0. The van der Waals surface area contributed by atoms with Gasteiger partial charge in [0.2, 0.25) is 0 Å². The van der Waals surface area contributed by atoms with Crippen LogP contribution in [0.4, 0.5) is 0 Å². The second-order valence-corrected chi connectivity index (χ2v) is 2.71. The van der Waals surface area contributed by atoms with Crippen molar-refractivity contribution in [2.45, 2.75) is 0 Å². The van der Waals surface area contributed by atoms with E-state index < -0.39 is 7.73 Å². The van der Waals surface area contributed by atoms with Crippen LogP contribution in [0.3, 0.4) is 0 Å². The van der Waals surface area contributed by atoms with Crippen LogP contribution < -0.4 is 0 Å². The van der Waals surface area contributed by atoms with Crippen LogP contribution >= 0.6 is 42.7 Å². The van der Waals surface area contributed by atoms with Gasteiger partial charge >= 0.3 is 7.73 Å². The second kappa shape index (κ2) is 4.38. The van der Waals surface area contributed by atoms with E-state index in [2.05, 4.69) is 31.9 Å². The lowest BCUT2D eigenvalue weighted by atomic mass is 15.8. The lowest BCUT2D eigenvalue weighted by Gasteiger charge is -1.90. The molecule has 0 aromatic heterocycles. The maximum absolute atomic E-state index is 5.01. The third-order valence-corrected chi connectivity index (χ3v) is 1.92. The summed E-state index contributed by atoms with van der Waals surface area (Å²) in [6, 6.07) is 0. The average Bonchev–Trinajstić information content (AvgIpc) is 1.65. The van der Waals surface area contributed by atoms with Crippen LogP contribution in [0.1, 0.15) is 0 Å². The fraction of sp³-hybridized carbons (Fsp3) is 0. The summed E-state index contributed by atoms with van der Waals surface area (Å²) in [7, 11) is -1.57. The fourth-order valence-corrected chi connectivity index (χ4v) is 0.287. The zero-order chi connectivity index (χ0) is 4.99. The zero-order valence-corrected chi connectivity index (χ0v) is 5.56. The van der Waals surface area contributed by atoms with E-state index in [-0.39, 0.29) is 0 Å².